The number of aromatic carboxylic acids is 1. The molecule has 6 heteroatoms. The van der Waals surface area contributed by atoms with Gasteiger partial charge in [-0.05, 0) is 24.6 Å². The van der Waals surface area contributed by atoms with Gasteiger partial charge < -0.3 is 19.3 Å². The second kappa shape index (κ2) is 7.31. The number of aromatic nitrogens is 1. The molecule has 1 fully saturated rings. The predicted octanol–water partition coefficient (Wildman–Crippen LogP) is 2.87. The van der Waals surface area contributed by atoms with Crippen molar-refractivity contribution in [1.29, 1.82) is 0 Å². The summed E-state index contributed by atoms with van der Waals surface area (Å²) in [4.78, 5) is 15.7. The largest absolute Gasteiger partial charge is 0.494 e. The van der Waals surface area contributed by atoms with E-state index in [9.17, 15) is 9.90 Å². The highest BCUT2D eigenvalue weighted by Crippen LogP contribution is 2.31. The van der Waals surface area contributed by atoms with Gasteiger partial charge in [0.1, 0.15) is 11.3 Å². The van der Waals surface area contributed by atoms with Gasteiger partial charge in [-0.25, -0.2) is 4.79 Å². The van der Waals surface area contributed by atoms with Crippen molar-refractivity contribution in [3.05, 3.63) is 42.1 Å². The van der Waals surface area contributed by atoms with Crippen LogP contribution in [0, 0.1) is 5.92 Å². The topological polar surface area (TPSA) is 77.9 Å². The summed E-state index contributed by atoms with van der Waals surface area (Å²) in [5.74, 6) is 0.236. The monoisotopic (exact) mass is 329 g/mol. The van der Waals surface area contributed by atoms with Gasteiger partial charge in [-0.15, -0.1) is 0 Å². The number of carbonyl (C=O) groups is 1. The normalized spacial score (nSPS) is 16.8. The van der Waals surface area contributed by atoms with Crippen molar-refractivity contribution in [3.63, 3.8) is 0 Å². The molecule has 0 aliphatic carbocycles. The summed E-state index contributed by atoms with van der Waals surface area (Å²) in [6.45, 7) is 2.06. The number of benzene rings is 1. The fourth-order valence-electron chi connectivity index (χ4n) is 2.65. The van der Waals surface area contributed by atoms with E-state index in [2.05, 4.69) is 4.98 Å². The summed E-state index contributed by atoms with van der Waals surface area (Å²) in [6.07, 6.45) is 2.41. The number of hydrogen-bond acceptors (Lipinski definition) is 5. The summed E-state index contributed by atoms with van der Waals surface area (Å²) >= 11 is 0. The van der Waals surface area contributed by atoms with Crippen LogP contribution in [0.3, 0.4) is 0 Å². The molecular formula is C18H19NO5. The lowest BCUT2D eigenvalue weighted by molar-refractivity contribution is 0.0693. The van der Waals surface area contributed by atoms with Crippen molar-refractivity contribution in [1.82, 2.24) is 4.98 Å². The Bertz CT molecular complexity index is 725. The van der Waals surface area contributed by atoms with Gasteiger partial charge in [0.05, 0.1) is 32.2 Å². The number of hydrogen-bond donors (Lipinski definition) is 1. The molecule has 0 saturated carbocycles. The summed E-state index contributed by atoms with van der Waals surface area (Å²) in [6, 6.07) is 8.97. The van der Waals surface area contributed by atoms with Gasteiger partial charge in [-0.1, -0.05) is 12.1 Å². The molecule has 1 unspecified atom stereocenters. The van der Waals surface area contributed by atoms with Crippen LogP contribution >= 0.6 is 0 Å². The zero-order chi connectivity index (χ0) is 16.9. The molecule has 0 radical (unpaired) electrons. The molecule has 0 spiro atoms. The standard InChI is InChI=1S/C18H19NO5/c1-22-17-9-19-15(8-14(17)18(20)21)13-4-2-3-5-16(13)24-11-12-6-7-23-10-12/h2-5,8-9,12H,6-7,10-11H2,1H3,(H,20,21). The van der Waals surface area contributed by atoms with E-state index in [1.807, 2.05) is 24.3 Å². The molecule has 1 N–H and O–H groups in total. The Hall–Kier alpha value is -2.60. The number of nitrogens with zero attached hydrogens (tertiary/aromatic N) is 1. The number of para-hydroxylation sites is 1. The number of ether oxygens (including phenoxy) is 3. The van der Waals surface area contributed by atoms with Gasteiger partial charge in [0.25, 0.3) is 0 Å². The molecule has 1 aromatic carbocycles. The Morgan fingerprint density at radius 2 is 2.21 bits per heavy atom. The maximum Gasteiger partial charge on any atom is 0.339 e. The van der Waals surface area contributed by atoms with Crippen LogP contribution in [0.25, 0.3) is 11.3 Å². The van der Waals surface area contributed by atoms with Crippen LogP contribution in [-0.4, -0.2) is 43.0 Å². The van der Waals surface area contributed by atoms with Crippen molar-refractivity contribution in [2.45, 2.75) is 6.42 Å². The smallest absolute Gasteiger partial charge is 0.339 e. The minimum absolute atomic E-state index is 0.0708. The first-order chi connectivity index (χ1) is 11.7. The molecule has 1 saturated heterocycles. The summed E-state index contributed by atoms with van der Waals surface area (Å²) < 4.78 is 16.3. The van der Waals surface area contributed by atoms with Crippen LogP contribution < -0.4 is 9.47 Å². The quantitative estimate of drug-likeness (QED) is 0.878. The summed E-state index contributed by atoms with van der Waals surface area (Å²) in [5, 5.41) is 9.33. The Morgan fingerprint density at radius 3 is 2.92 bits per heavy atom. The number of pyridine rings is 1. The molecule has 0 amide bonds. The molecule has 0 bridgehead atoms. The van der Waals surface area contributed by atoms with Gasteiger partial charge >= 0.3 is 5.97 Å². The number of rotatable bonds is 6. The fourth-order valence-corrected chi connectivity index (χ4v) is 2.65. The maximum atomic E-state index is 11.4. The SMILES string of the molecule is COc1cnc(-c2ccccc2OCC2CCOC2)cc1C(=O)O. The Balaban J connectivity index is 1.88. The molecule has 1 aromatic heterocycles. The van der Waals surface area contributed by atoms with Crippen molar-refractivity contribution in [2.75, 3.05) is 26.9 Å². The highest BCUT2D eigenvalue weighted by atomic mass is 16.5. The van der Waals surface area contributed by atoms with E-state index in [-0.39, 0.29) is 11.3 Å². The van der Waals surface area contributed by atoms with E-state index in [0.29, 0.717) is 30.6 Å². The fraction of sp³-hybridized carbons (Fsp3) is 0.333. The van der Waals surface area contributed by atoms with Crippen LogP contribution in [0.15, 0.2) is 36.5 Å². The first kappa shape index (κ1) is 16.3. The van der Waals surface area contributed by atoms with E-state index in [4.69, 9.17) is 14.2 Å². The Kier molecular flexibility index (Phi) is 4.96. The van der Waals surface area contributed by atoms with Crippen molar-refractivity contribution < 1.29 is 24.1 Å². The van der Waals surface area contributed by atoms with E-state index < -0.39 is 5.97 Å². The number of methoxy groups -OCH3 is 1. The van der Waals surface area contributed by atoms with Crippen molar-refractivity contribution in [2.24, 2.45) is 5.92 Å². The first-order valence-electron chi connectivity index (χ1n) is 7.76. The summed E-state index contributed by atoms with van der Waals surface area (Å²) in [5.41, 5.74) is 1.36. The highest BCUT2D eigenvalue weighted by Gasteiger charge is 2.18. The molecule has 3 rings (SSSR count). The lowest BCUT2D eigenvalue weighted by Gasteiger charge is -2.14. The van der Waals surface area contributed by atoms with Crippen LogP contribution in [0.2, 0.25) is 0 Å². The molecule has 126 valence electrons. The molecule has 6 nitrogen and oxygen atoms in total. The van der Waals surface area contributed by atoms with Crippen molar-refractivity contribution in [3.8, 4) is 22.8 Å². The third-order valence-electron chi connectivity index (χ3n) is 3.98. The lowest BCUT2D eigenvalue weighted by Crippen LogP contribution is -2.12. The van der Waals surface area contributed by atoms with Crippen LogP contribution in [0.1, 0.15) is 16.8 Å². The maximum absolute atomic E-state index is 11.4. The molecule has 1 aliphatic rings. The molecule has 2 heterocycles. The van der Waals surface area contributed by atoms with Crippen LogP contribution in [0.5, 0.6) is 11.5 Å². The Morgan fingerprint density at radius 1 is 1.38 bits per heavy atom. The van der Waals surface area contributed by atoms with Crippen LogP contribution in [0.4, 0.5) is 0 Å². The van der Waals surface area contributed by atoms with Gasteiger partial charge in [0.2, 0.25) is 0 Å². The van der Waals surface area contributed by atoms with Gasteiger partial charge in [-0.2, -0.15) is 0 Å². The average molecular weight is 329 g/mol. The van der Waals surface area contributed by atoms with E-state index >= 15 is 0 Å². The summed E-state index contributed by atoms with van der Waals surface area (Å²) in [7, 11) is 1.42. The predicted molar refractivity (Wildman–Crippen MR) is 87.6 cm³/mol. The van der Waals surface area contributed by atoms with Crippen LogP contribution in [-0.2, 0) is 4.74 Å². The second-order valence-corrected chi connectivity index (χ2v) is 5.61. The average Bonchev–Trinajstić information content (AvgIpc) is 3.13. The van der Waals surface area contributed by atoms with Gasteiger partial charge in [-0.3, -0.25) is 4.98 Å². The Labute approximate surface area is 140 Å². The molecular weight excluding hydrogens is 310 g/mol. The number of carboxylic acid groups (broad SMARTS) is 1. The molecule has 2 aromatic rings. The highest BCUT2D eigenvalue weighted by molar-refractivity contribution is 5.92. The minimum atomic E-state index is -1.06. The third-order valence-corrected chi connectivity index (χ3v) is 3.98. The van der Waals surface area contributed by atoms with Gasteiger partial charge in [0.15, 0.2) is 5.75 Å². The van der Waals surface area contributed by atoms with Crippen molar-refractivity contribution >= 4 is 5.97 Å². The third kappa shape index (κ3) is 3.49. The number of carboxylic acids is 1. The van der Waals surface area contributed by atoms with E-state index in [0.717, 1.165) is 18.6 Å². The second-order valence-electron chi connectivity index (χ2n) is 5.61. The zero-order valence-corrected chi connectivity index (χ0v) is 13.4. The van der Waals surface area contributed by atoms with E-state index in [1.54, 1.807) is 0 Å². The zero-order valence-electron chi connectivity index (χ0n) is 13.4. The van der Waals surface area contributed by atoms with Gasteiger partial charge in [0, 0.05) is 18.1 Å². The molecule has 24 heavy (non-hydrogen) atoms. The first-order valence-corrected chi connectivity index (χ1v) is 7.76. The van der Waals surface area contributed by atoms with E-state index in [1.165, 1.54) is 19.4 Å². The lowest BCUT2D eigenvalue weighted by atomic mass is 10.1. The minimum Gasteiger partial charge on any atom is -0.494 e. The molecule has 1 aliphatic heterocycles. The molecule has 1 atom stereocenters.